The van der Waals surface area contributed by atoms with E-state index in [4.69, 9.17) is 11.6 Å². The lowest BCUT2D eigenvalue weighted by molar-refractivity contribution is 0.0592. The summed E-state index contributed by atoms with van der Waals surface area (Å²) in [6.45, 7) is 5.14. The Morgan fingerprint density at radius 2 is 2.09 bits per heavy atom. The van der Waals surface area contributed by atoms with Crippen molar-refractivity contribution in [2.75, 3.05) is 5.32 Å². The van der Waals surface area contributed by atoms with Crippen molar-refractivity contribution in [3.8, 4) is 11.3 Å². The molecule has 1 amide bonds. The summed E-state index contributed by atoms with van der Waals surface area (Å²) in [5, 5.41) is 7.68. The summed E-state index contributed by atoms with van der Waals surface area (Å²) in [5.74, 6) is 1.11. The summed E-state index contributed by atoms with van der Waals surface area (Å²) in [6, 6.07) is 9.55. The molecule has 0 radical (unpaired) electrons. The molecule has 33 heavy (non-hydrogen) atoms. The Morgan fingerprint density at radius 1 is 1.24 bits per heavy atom. The molecule has 1 atom stereocenters. The molecule has 0 bridgehead atoms. The van der Waals surface area contributed by atoms with Crippen LogP contribution in [-0.2, 0) is 20.1 Å². The van der Waals surface area contributed by atoms with E-state index in [9.17, 15) is 4.79 Å². The Balaban J connectivity index is 1.44. The number of pyridine rings is 1. The minimum Gasteiger partial charge on any atom is -0.341 e. The quantitative estimate of drug-likeness (QED) is 0.484. The summed E-state index contributed by atoms with van der Waals surface area (Å²) < 4.78 is 3.65. The number of carbonyl (C=O) groups is 1. The number of aromatic nitrogens is 6. The van der Waals surface area contributed by atoms with E-state index in [0.29, 0.717) is 35.4 Å². The van der Waals surface area contributed by atoms with Crippen molar-refractivity contribution >= 4 is 29.3 Å². The van der Waals surface area contributed by atoms with Crippen molar-refractivity contribution in [3.63, 3.8) is 0 Å². The molecule has 5 rings (SSSR count). The van der Waals surface area contributed by atoms with E-state index in [0.717, 1.165) is 22.8 Å². The number of halogens is 1. The van der Waals surface area contributed by atoms with Gasteiger partial charge in [-0.25, -0.2) is 9.97 Å². The SMILES string of the molecule is Cc1cccc(CN2C(=O)c3cc(-c4nc(Nc5ccnn5C)ncc4Cl)cn3C[C@H]2C)n1. The average Bonchev–Trinajstić information content (AvgIpc) is 3.39. The zero-order chi connectivity index (χ0) is 23.1. The van der Waals surface area contributed by atoms with Crippen LogP contribution in [0.25, 0.3) is 11.3 Å². The maximum absolute atomic E-state index is 13.4. The van der Waals surface area contributed by atoms with Gasteiger partial charge < -0.3 is 14.8 Å². The molecular weight excluding hydrogens is 440 g/mol. The molecule has 0 unspecified atom stereocenters. The van der Waals surface area contributed by atoms with Gasteiger partial charge in [0.05, 0.1) is 35.3 Å². The second kappa shape index (κ2) is 8.32. The first-order chi connectivity index (χ1) is 15.9. The number of rotatable bonds is 5. The highest BCUT2D eigenvalue weighted by Gasteiger charge is 2.31. The molecule has 0 aromatic carbocycles. The van der Waals surface area contributed by atoms with E-state index in [1.807, 2.05) is 66.9 Å². The van der Waals surface area contributed by atoms with Gasteiger partial charge >= 0.3 is 0 Å². The average molecular weight is 463 g/mol. The third-order valence-electron chi connectivity index (χ3n) is 5.73. The Bertz CT molecular complexity index is 1340. The summed E-state index contributed by atoms with van der Waals surface area (Å²) in [7, 11) is 1.83. The van der Waals surface area contributed by atoms with Crippen LogP contribution >= 0.6 is 11.6 Å². The molecule has 1 aliphatic heterocycles. The van der Waals surface area contributed by atoms with Gasteiger partial charge in [0.2, 0.25) is 5.95 Å². The number of hydrogen-bond donors (Lipinski definition) is 1. The van der Waals surface area contributed by atoms with Gasteiger partial charge in [-0.15, -0.1) is 0 Å². The second-order valence-corrected chi connectivity index (χ2v) is 8.58. The lowest BCUT2D eigenvalue weighted by Crippen LogP contribution is -2.45. The molecule has 168 valence electrons. The maximum atomic E-state index is 13.4. The van der Waals surface area contributed by atoms with E-state index in [-0.39, 0.29) is 11.9 Å². The molecule has 4 aromatic rings. The van der Waals surface area contributed by atoms with Crippen molar-refractivity contribution in [1.29, 1.82) is 0 Å². The molecular formula is C23H23ClN8O. The van der Waals surface area contributed by atoms with Crippen molar-refractivity contribution in [2.24, 2.45) is 7.05 Å². The van der Waals surface area contributed by atoms with Gasteiger partial charge in [-0.1, -0.05) is 17.7 Å². The Hall–Kier alpha value is -3.72. The fourth-order valence-corrected chi connectivity index (χ4v) is 4.23. The smallest absolute Gasteiger partial charge is 0.271 e. The minimum absolute atomic E-state index is 0.0236. The zero-order valence-electron chi connectivity index (χ0n) is 18.5. The first-order valence-electron chi connectivity index (χ1n) is 10.6. The van der Waals surface area contributed by atoms with Crippen LogP contribution in [0.4, 0.5) is 11.8 Å². The first kappa shape index (κ1) is 21.1. The van der Waals surface area contributed by atoms with Gasteiger partial charge in [0, 0.05) is 43.2 Å². The third kappa shape index (κ3) is 4.07. The molecule has 9 nitrogen and oxygen atoms in total. The van der Waals surface area contributed by atoms with Crippen molar-refractivity contribution in [3.05, 3.63) is 71.0 Å². The Labute approximate surface area is 196 Å². The van der Waals surface area contributed by atoms with Crippen LogP contribution < -0.4 is 5.32 Å². The maximum Gasteiger partial charge on any atom is 0.271 e. The number of fused-ring (bicyclic) bond motifs is 1. The normalized spacial score (nSPS) is 15.6. The van der Waals surface area contributed by atoms with Crippen LogP contribution in [0.2, 0.25) is 5.02 Å². The van der Waals surface area contributed by atoms with Crippen LogP contribution in [0.15, 0.2) is 48.9 Å². The number of aryl methyl sites for hydroxylation is 2. The monoisotopic (exact) mass is 462 g/mol. The predicted octanol–water partition coefficient (Wildman–Crippen LogP) is 3.82. The molecule has 0 spiro atoms. The molecule has 5 heterocycles. The van der Waals surface area contributed by atoms with Gasteiger partial charge in [0.15, 0.2) is 0 Å². The van der Waals surface area contributed by atoms with E-state index in [2.05, 4.69) is 25.4 Å². The Kier molecular flexibility index (Phi) is 5.33. The van der Waals surface area contributed by atoms with E-state index in [1.165, 1.54) is 0 Å². The highest BCUT2D eigenvalue weighted by Crippen LogP contribution is 2.31. The Morgan fingerprint density at radius 3 is 2.85 bits per heavy atom. The highest BCUT2D eigenvalue weighted by atomic mass is 35.5. The summed E-state index contributed by atoms with van der Waals surface area (Å²) in [5.41, 5.74) is 3.74. The minimum atomic E-state index is -0.0401. The van der Waals surface area contributed by atoms with Crippen LogP contribution in [0.5, 0.6) is 0 Å². The number of anilines is 2. The molecule has 0 fully saturated rings. The van der Waals surface area contributed by atoms with Gasteiger partial charge in [-0.05, 0) is 32.0 Å². The van der Waals surface area contributed by atoms with Gasteiger partial charge in [0.25, 0.3) is 5.91 Å². The number of nitrogens with zero attached hydrogens (tertiary/aromatic N) is 7. The number of nitrogens with one attached hydrogen (secondary N) is 1. The number of carbonyl (C=O) groups excluding carboxylic acids is 1. The summed E-state index contributed by atoms with van der Waals surface area (Å²) in [4.78, 5) is 28.6. The molecule has 0 saturated heterocycles. The zero-order valence-corrected chi connectivity index (χ0v) is 19.3. The van der Waals surface area contributed by atoms with Gasteiger partial charge in [-0.3, -0.25) is 14.5 Å². The molecule has 4 aromatic heterocycles. The molecule has 10 heteroatoms. The van der Waals surface area contributed by atoms with Crippen LogP contribution in [0, 0.1) is 6.92 Å². The summed E-state index contributed by atoms with van der Waals surface area (Å²) in [6.07, 6.45) is 5.17. The van der Waals surface area contributed by atoms with E-state index < -0.39 is 0 Å². The largest absolute Gasteiger partial charge is 0.341 e. The van der Waals surface area contributed by atoms with Gasteiger partial charge in [-0.2, -0.15) is 5.10 Å². The highest BCUT2D eigenvalue weighted by molar-refractivity contribution is 6.33. The van der Waals surface area contributed by atoms with Crippen LogP contribution in [0.1, 0.15) is 28.8 Å². The topological polar surface area (TPSA) is 93.8 Å². The fraction of sp³-hybridized carbons (Fsp3) is 0.261. The third-order valence-corrected chi connectivity index (χ3v) is 6.00. The van der Waals surface area contributed by atoms with Crippen LogP contribution in [0.3, 0.4) is 0 Å². The molecule has 1 N–H and O–H groups in total. The van der Waals surface area contributed by atoms with Crippen molar-refractivity contribution < 1.29 is 4.79 Å². The fourth-order valence-electron chi connectivity index (χ4n) is 4.03. The number of amides is 1. The predicted molar refractivity (Wildman–Crippen MR) is 125 cm³/mol. The lowest BCUT2D eigenvalue weighted by atomic mass is 10.1. The standard InChI is InChI=1S/C23H23ClN8O/c1-14-5-4-6-17(27-14)13-32-15(2)11-31-12-16(9-19(31)22(32)33)21-18(24)10-25-23(29-21)28-20-7-8-26-30(20)3/h4-10,12,15H,11,13H2,1-3H3,(H,25,28,29)/t15-/m1/s1. The molecule has 0 aliphatic carbocycles. The van der Waals surface area contributed by atoms with Crippen molar-refractivity contribution in [2.45, 2.75) is 33.0 Å². The number of hydrogen-bond acceptors (Lipinski definition) is 6. The summed E-state index contributed by atoms with van der Waals surface area (Å²) >= 11 is 6.44. The van der Waals surface area contributed by atoms with Crippen LogP contribution in [-0.4, -0.2) is 46.1 Å². The second-order valence-electron chi connectivity index (χ2n) is 8.17. The van der Waals surface area contributed by atoms with Crippen molar-refractivity contribution in [1.82, 2.24) is 34.2 Å². The lowest BCUT2D eigenvalue weighted by Gasteiger charge is -2.34. The molecule has 1 aliphatic rings. The van der Waals surface area contributed by atoms with Gasteiger partial charge in [0.1, 0.15) is 11.5 Å². The first-order valence-corrected chi connectivity index (χ1v) is 11.0. The van der Waals surface area contributed by atoms with E-state index in [1.54, 1.807) is 17.1 Å². The van der Waals surface area contributed by atoms with E-state index >= 15 is 0 Å². The molecule has 0 saturated carbocycles.